The smallest absolute Gasteiger partial charge is 0.119 e. The van der Waals surface area contributed by atoms with Crippen LogP contribution in [-0.4, -0.2) is 63.2 Å². The predicted molar refractivity (Wildman–Crippen MR) is 44.7 cm³/mol. The summed E-state index contributed by atoms with van der Waals surface area (Å²) < 4.78 is 14.1. The van der Waals surface area contributed by atoms with Gasteiger partial charge in [0.2, 0.25) is 0 Å². The zero-order valence-corrected chi connectivity index (χ0v) is 8.93. The fourth-order valence-electron chi connectivity index (χ4n) is 0.940. The highest BCUT2D eigenvalue weighted by Crippen LogP contribution is 2.30. The van der Waals surface area contributed by atoms with Gasteiger partial charge in [-0.05, 0) is 0 Å². The molecule has 0 aliphatic heterocycles. The van der Waals surface area contributed by atoms with Crippen molar-refractivity contribution in [1.29, 1.82) is 0 Å². The molecule has 0 saturated heterocycles. The van der Waals surface area contributed by atoms with Crippen LogP contribution in [0.25, 0.3) is 0 Å². The van der Waals surface area contributed by atoms with Gasteiger partial charge in [0.1, 0.15) is 24.4 Å². The Bertz CT molecular complexity index is 240. The Morgan fingerprint density at radius 3 is 1.81 bits per heavy atom. The molecule has 4 atom stereocenters. The first kappa shape index (κ1) is 15.9. The summed E-state index contributed by atoms with van der Waals surface area (Å²) >= 11 is 0. The number of aliphatic hydroxyl groups excluding tert-OH is 5. The molecule has 0 aliphatic carbocycles. The van der Waals surface area contributed by atoms with E-state index in [1.165, 1.54) is 0 Å². The molecule has 0 fully saturated rings. The maximum Gasteiger partial charge on any atom is 0.119 e. The van der Waals surface area contributed by atoms with Crippen LogP contribution >= 0.6 is 7.82 Å². The minimum atomic E-state index is -5.52. The number of hydrogen-bond donors (Lipinski definition) is 5. The number of hydrogen-bond acceptors (Lipinski definition) is 9. The summed E-state index contributed by atoms with van der Waals surface area (Å²) in [5.74, 6) is 0. The maximum absolute atomic E-state index is 10.3. The average Bonchev–Trinajstić information content (AvgIpc) is 2.21. The minimum absolute atomic E-state index is 0.943. The van der Waals surface area contributed by atoms with Crippen LogP contribution in [0, 0.1) is 0 Å². The molecule has 0 aromatic heterocycles. The van der Waals surface area contributed by atoms with E-state index in [4.69, 9.17) is 20.4 Å². The summed E-state index contributed by atoms with van der Waals surface area (Å²) in [6.45, 7) is -1.94. The summed E-state index contributed by atoms with van der Waals surface area (Å²) in [6, 6.07) is 0. The van der Waals surface area contributed by atoms with E-state index >= 15 is 0 Å². The van der Waals surface area contributed by atoms with Gasteiger partial charge in [-0.3, -0.25) is 0 Å². The quantitative estimate of drug-likeness (QED) is 0.281. The zero-order valence-electron chi connectivity index (χ0n) is 8.04. The molecule has 0 unspecified atom stereocenters. The molecule has 0 saturated carbocycles. The van der Waals surface area contributed by atoms with Crippen molar-refractivity contribution in [2.75, 3.05) is 13.2 Å². The van der Waals surface area contributed by atoms with E-state index in [0.717, 1.165) is 0 Å². The van der Waals surface area contributed by atoms with Crippen molar-refractivity contribution in [3.05, 3.63) is 0 Å². The van der Waals surface area contributed by atoms with E-state index in [-0.39, 0.29) is 0 Å². The van der Waals surface area contributed by atoms with E-state index in [0.29, 0.717) is 0 Å². The molecule has 0 heterocycles. The average molecular weight is 260 g/mol. The fourth-order valence-corrected chi connectivity index (χ4v) is 1.50. The fraction of sp³-hybridized carbons (Fsp3) is 1.00. The van der Waals surface area contributed by atoms with Crippen molar-refractivity contribution >= 4 is 7.82 Å². The van der Waals surface area contributed by atoms with Gasteiger partial charge < -0.3 is 44.4 Å². The van der Waals surface area contributed by atoms with Gasteiger partial charge in [0.05, 0.1) is 21.0 Å². The Morgan fingerprint density at radius 2 is 1.50 bits per heavy atom. The van der Waals surface area contributed by atoms with Gasteiger partial charge in [0, 0.05) is 0 Å². The molecule has 0 amide bonds. The van der Waals surface area contributed by atoms with Crippen LogP contribution in [0.1, 0.15) is 0 Å². The Labute approximate surface area is 90.8 Å². The van der Waals surface area contributed by atoms with Gasteiger partial charge in [-0.15, -0.1) is 0 Å². The molecule has 0 aromatic rings. The molecule has 5 N–H and O–H groups in total. The molecule has 0 aliphatic rings. The molecule has 0 aromatic carbocycles. The molecule has 98 valence electrons. The van der Waals surface area contributed by atoms with Gasteiger partial charge in [-0.2, -0.15) is 0 Å². The van der Waals surface area contributed by atoms with Crippen molar-refractivity contribution in [3.8, 4) is 0 Å². The number of aliphatic hydroxyl groups is 5. The first-order chi connectivity index (χ1) is 7.22. The van der Waals surface area contributed by atoms with Crippen LogP contribution in [0.3, 0.4) is 0 Å². The number of rotatable bonds is 7. The first-order valence-corrected chi connectivity index (χ1v) is 5.65. The van der Waals surface area contributed by atoms with E-state index < -0.39 is 45.5 Å². The van der Waals surface area contributed by atoms with Crippen molar-refractivity contribution in [2.24, 2.45) is 0 Å². The molecule has 0 radical (unpaired) electrons. The molecule has 0 spiro atoms. The van der Waals surface area contributed by atoms with Gasteiger partial charge in [-0.1, -0.05) is 0 Å². The second-order valence-electron chi connectivity index (χ2n) is 3.01. The normalized spacial score (nSPS) is 20.2. The Kier molecular flexibility index (Phi) is 6.56. The first-order valence-electron chi connectivity index (χ1n) is 4.19. The maximum atomic E-state index is 10.3. The Morgan fingerprint density at radius 1 is 1.06 bits per heavy atom. The van der Waals surface area contributed by atoms with E-state index in [1.807, 2.05) is 0 Å². The van der Waals surface area contributed by atoms with Gasteiger partial charge >= 0.3 is 0 Å². The van der Waals surface area contributed by atoms with Crippen LogP contribution in [-0.2, 0) is 9.09 Å². The molecule has 0 rings (SSSR count). The van der Waals surface area contributed by atoms with Crippen LogP contribution in [0.5, 0.6) is 0 Å². The summed E-state index contributed by atoms with van der Waals surface area (Å²) in [5.41, 5.74) is 0. The minimum Gasteiger partial charge on any atom is -0.790 e. The summed E-state index contributed by atoms with van der Waals surface area (Å²) in [6.07, 6.45) is -7.80. The topological polar surface area (TPSA) is 174 Å². The van der Waals surface area contributed by atoms with Crippen molar-refractivity contribution in [2.45, 2.75) is 24.4 Å². The number of phosphoric ester groups is 1. The summed E-state index contributed by atoms with van der Waals surface area (Å²) in [4.78, 5) is 20.6. The zero-order chi connectivity index (χ0) is 12.9. The third-order valence-electron chi connectivity index (χ3n) is 1.73. The van der Waals surface area contributed by atoms with Crippen LogP contribution < -0.4 is 9.79 Å². The monoisotopic (exact) mass is 260 g/mol. The van der Waals surface area contributed by atoms with Crippen LogP contribution in [0.4, 0.5) is 0 Å². The van der Waals surface area contributed by atoms with Crippen molar-refractivity contribution in [1.82, 2.24) is 0 Å². The Hall–Kier alpha value is -0.0900. The molecule has 10 heteroatoms. The second kappa shape index (κ2) is 6.60. The third kappa shape index (κ3) is 5.30. The Balaban J connectivity index is 4.73. The lowest BCUT2D eigenvalue weighted by molar-refractivity contribution is -0.349. The van der Waals surface area contributed by atoms with E-state index in [9.17, 15) is 19.5 Å². The highest BCUT2D eigenvalue weighted by Gasteiger charge is 2.33. The largest absolute Gasteiger partial charge is 0.790 e. The number of phosphoric acid groups is 1. The molecular formula is C6H13O9P-2. The van der Waals surface area contributed by atoms with Gasteiger partial charge in [0.15, 0.2) is 0 Å². The lowest BCUT2D eigenvalue weighted by Crippen LogP contribution is -2.49. The van der Waals surface area contributed by atoms with E-state index in [1.54, 1.807) is 0 Å². The third-order valence-corrected chi connectivity index (χ3v) is 2.24. The van der Waals surface area contributed by atoms with E-state index in [2.05, 4.69) is 4.52 Å². The summed E-state index contributed by atoms with van der Waals surface area (Å²) in [7, 11) is -5.52. The predicted octanol–water partition coefficient (Wildman–Crippen LogP) is -4.73. The SMILES string of the molecule is O=P([O-])([O-])O[C@@H]([C@H](O)[C@H](O)CO)[C@@H](O)CO. The lowest BCUT2D eigenvalue weighted by Gasteiger charge is -2.37. The van der Waals surface area contributed by atoms with Crippen LogP contribution in [0.2, 0.25) is 0 Å². The lowest BCUT2D eigenvalue weighted by atomic mass is 10.0. The van der Waals surface area contributed by atoms with Crippen molar-refractivity contribution < 1.29 is 44.4 Å². The standard InChI is InChI=1S/C6H15O9P/c7-1-3(9)5(11)6(4(10)2-8)15-16(12,13)14/h3-11H,1-2H2,(H2,12,13,14)/p-2/t3-,4+,5-,6-/m1/s1. The van der Waals surface area contributed by atoms with Gasteiger partial charge in [0.25, 0.3) is 0 Å². The molecule has 0 bridgehead atoms. The van der Waals surface area contributed by atoms with Crippen molar-refractivity contribution in [3.63, 3.8) is 0 Å². The highest BCUT2D eigenvalue weighted by atomic mass is 31.2. The van der Waals surface area contributed by atoms with Crippen LogP contribution in [0.15, 0.2) is 0 Å². The summed E-state index contributed by atoms with van der Waals surface area (Å²) in [5, 5.41) is 44.3. The van der Waals surface area contributed by atoms with Gasteiger partial charge in [-0.25, -0.2) is 0 Å². The molecular weight excluding hydrogens is 247 g/mol. The highest BCUT2D eigenvalue weighted by molar-refractivity contribution is 7.43. The molecule has 16 heavy (non-hydrogen) atoms. The molecule has 9 nitrogen and oxygen atoms in total. The second-order valence-corrected chi connectivity index (χ2v) is 4.11.